The van der Waals surface area contributed by atoms with Crippen molar-refractivity contribution < 1.29 is 14.6 Å². The van der Waals surface area contributed by atoms with Crippen LogP contribution in [-0.4, -0.2) is 39.5 Å². The van der Waals surface area contributed by atoms with Gasteiger partial charge in [0, 0.05) is 23.7 Å². The normalized spacial score (nSPS) is 24.7. The van der Waals surface area contributed by atoms with Gasteiger partial charge in [0.15, 0.2) is 0 Å². The van der Waals surface area contributed by atoms with Crippen molar-refractivity contribution in [2.45, 2.75) is 39.1 Å². The predicted octanol–water partition coefficient (Wildman–Crippen LogP) is -0.648. The van der Waals surface area contributed by atoms with Crippen molar-refractivity contribution in [3.8, 4) is 0 Å². The maximum atomic E-state index is 11.6. The molecule has 2 rings (SSSR count). The molecule has 0 radical (unpaired) electrons. The van der Waals surface area contributed by atoms with E-state index in [2.05, 4.69) is 10.3 Å². The van der Waals surface area contributed by atoms with Gasteiger partial charge >= 0.3 is 11.7 Å². The Labute approximate surface area is 120 Å². The fourth-order valence-electron chi connectivity index (χ4n) is 2.30. The molecule has 2 atom stereocenters. The van der Waals surface area contributed by atoms with E-state index in [1.807, 2.05) is 13.8 Å². The number of hydrogen-bond donors (Lipinski definition) is 3. The van der Waals surface area contributed by atoms with Crippen LogP contribution in [0.2, 0.25) is 0 Å². The molecule has 1 aliphatic heterocycles. The number of carbonyl (C=O) groups is 1. The number of rotatable bonds is 4. The van der Waals surface area contributed by atoms with Crippen LogP contribution in [0.4, 0.5) is 0 Å². The van der Waals surface area contributed by atoms with E-state index in [0.717, 1.165) is 0 Å². The van der Waals surface area contributed by atoms with E-state index in [4.69, 9.17) is 9.84 Å². The molecule has 0 saturated carbocycles. The average molecular weight is 297 g/mol. The summed E-state index contributed by atoms with van der Waals surface area (Å²) in [6, 6.07) is 0.996. The first-order valence-electron chi connectivity index (χ1n) is 6.67. The zero-order valence-corrected chi connectivity index (χ0v) is 12.0. The SMILES string of the molecule is CC1(C)CO[C@@H](Cn2ccc(=O)[nH]c2=O)N[C@@H]1CC(=O)O. The Morgan fingerprint density at radius 2 is 2.24 bits per heavy atom. The van der Waals surface area contributed by atoms with Gasteiger partial charge < -0.3 is 9.84 Å². The summed E-state index contributed by atoms with van der Waals surface area (Å²) in [6.07, 6.45) is 0.886. The number of hydrogen-bond acceptors (Lipinski definition) is 5. The second kappa shape index (κ2) is 5.82. The molecule has 1 fully saturated rings. The molecule has 21 heavy (non-hydrogen) atoms. The maximum absolute atomic E-state index is 11.6. The van der Waals surface area contributed by atoms with E-state index >= 15 is 0 Å². The smallest absolute Gasteiger partial charge is 0.328 e. The number of aromatic nitrogens is 2. The second-order valence-corrected chi connectivity index (χ2v) is 5.87. The highest BCUT2D eigenvalue weighted by atomic mass is 16.5. The van der Waals surface area contributed by atoms with E-state index in [1.165, 1.54) is 16.8 Å². The van der Waals surface area contributed by atoms with Crippen LogP contribution < -0.4 is 16.6 Å². The summed E-state index contributed by atoms with van der Waals surface area (Å²) in [5.41, 5.74) is -1.30. The van der Waals surface area contributed by atoms with Crippen LogP contribution in [0.3, 0.4) is 0 Å². The van der Waals surface area contributed by atoms with E-state index in [0.29, 0.717) is 6.61 Å². The second-order valence-electron chi connectivity index (χ2n) is 5.87. The number of nitrogens with zero attached hydrogens (tertiary/aromatic N) is 1. The Morgan fingerprint density at radius 1 is 1.52 bits per heavy atom. The van der Waals surface area contributed by atoms with Gasteiger partial charge in [-0.2, -0.15) is 0 Å². The molecule has 1 saturated heterocycles. The third-order valence-electron chi connectivity index (χ3n) is 3.63. The first-order valence-corrected chi connectivity index (χ1v) is 6.67. The van der Waals surface area contributed by atoms with Crippen molar-refractivity contribution in [3.05, 3.63) is 33.1 Å². The molecule has 8 nitrogen and oxygen atoms in total. The molecular formula is C13H19N3O5. The number of aliphatic carboxylic acids is 1. The van der Waals surface area contributed by atoms with Gasteiger partial charge in [-0.15, -0.1) is 0 Å². The summed E-state index contributed by atoms with van der Waals surface area (Å²) < 4.78 is 6.95. The van der Waals surface area contributed by atoms with Gasteiger partial charge in [0.1, 0.15) is 6.23 Å². The summed E-state index contributed by atoms with van der Waals surface area (Å²) in [4.78, 5) is 35.7. The number of carboxylic acid groups (broad SMARTS) is 1. The van der Waals surface area contributed by atoms with Crippen molar-refractivity contribution in [2.24, 2.45) is 5.41 Å². The lowest BCUT2D eigenvalue weighted by atomic mass is 9.82. The van der Waals surface area contributed by atoms with Gasteiger partial charge in [-0.3, -0.25) is 24.5 Å². The van der Waals surface area contributed by atoms with Crippen molar-refractivity contribution in [3.63, 3.8) is 0 Å². The van der Waals surface area contributed by atoms with Gasteiger partial charge in [0.05, 0.1) is 19.6 Å². The lowest BCUT2D eigenvalue weighted by molar-refractivity contribution is -0.142. The number of H-pyrrole nitrogens is 1. The highest BCUT2D eigenvalue weighted by molar-refractivity contribution is 5.67. The molecule has 0 unspecified atom stereocenters. The van der Waals surface area contributed by atoms with E-state index < -0.39 is 23.4 Å². The zero-order valence-electron chi connectivity index (χ0n) is 12.0. The monoisotopic (exact) mass is 297 g/mol. The van der Waals surface area contributed by atoms with Crippen LogP contribution >= 0.6 is 0 Å². The van der Waals surface area contributed by atoms with E-state index in [9.17, 15) is 14.4 Å². The Hall–Kier alpha value is -1.93. The van der Waals surface area contributed by atoms with Gasteiger partial charge in [-0.25, -0.2) is 4.79 Å². The Bertz CT molecular complexity index is 633. The third kappa shape index (κ3) is 3.79. The van der Waals surface area contributed by atoms with E-state index in [-0.39, 0.29) is 24.4 Å². The van der Waals surface area contributed by atoms with Crippen LogP contribution in [0, 0.1) is 5.41 Å². The molecule has 1 aromatic heterocycles. The van der Waals surface area contributed by atoms with Gasteiger partial charge in [-0.1, -0.05) is 13.8 Å². The predicted molar refractivity (Wildman–Crippen MR) is 74.0 cm³/mol. The van der Waals surface area contributed by atoms with Gasteiger partial charge in [-0.05, 0) is 0 Å². The summed E-state index contributed by atoms with van der Waals surface area (Å²) in [7, 11) is 0. The molecule has 1 aliphatic rings. The molecule has 2 heterocycles. The Morgan fingerprint density at radius 3 is 2.86 bits per heavy atom. The number of aromatic amines is 1. The highest BCUT2D eigenvalue weighted by Crippen LogP contribution is 2.28. The number of nitrogens with one attached hydrogen (secondary N) is 2. The molecule has 0 amide bonds. The summed E-state index contributed by atoms with van der Waals surface area (Å²) in [6.45, 7) is 4.44. The molecule has 116 valence electrons. The number of ether oxygens (including phenoxy) is 1. The minimum atomic E-state index is -0.887. The largest absolute Gasteiger partial charge is 0.481 e. The first-order chi connectivity index (χ1) is 9.78. The molecule has 0 bridgehead atoms. The maximum Gasteiger partial charge on any atom is 0.328 e. The van der Waals surface area contributed by atoms with Crippen molar-refractivity contribution >= 4 is 5.97 Å². The molecule has 1 aromatic rings. The van der Waals surface area contributed by atoms with Gasteiger partial charge in [0.25, 0.3) is 5.56 Å². The van der Waals surface area contributed by atoms with Crippen LogP contribution in [0.5, 0.6) is 0 Å². The molecule has 0 spiro atoms. The first kappa shape index (κ1) is 15.5. The van der Waals surface area contributed by atoms with Crippen LogP contribution in [0.15, 0.2) is 21.9 Å². The van der Waals surface area contributed by atoms with Crippen LogP contribution in [0.25, 0.3) is 0 Å². The summed E-state index contributed by atoms with van der Waals surface area (Å²) in [5, 5.41) is 12.1. The van der Waals surface area contributed by atoms with Gasteiger partial charge in [0.2, 0.25) is 0 Å². The van der Waals surface area contributed by atoms with Crippen LogP contribution in [0.1, 0.15) is 20.3 Å². The molecule has 3 N–H and O–H groups in total. The molecule has 8 heteroatoms. The van der Waals surface area contributed by atoms with E-state index in [1.54, 1.807) is 0 Å². The molecule has 0 aromatic carbocycles. The van der Waals surface area contributed by atoms with Crippen molar-refractivity contribution in [1.29, 1.82) is 0 Å². The lowest BCUT2D eigenvalue weighted by Crippen LogP contribution is -2.57. The number of carboxylic acids is 1. The molecule has 0 aliphatic carbocycles. The minimum absolute atomic E-state index is 0.0205. The fraction of sp³-hybridized carbons (Fsp3) is 0.615. The standard InChI is InChI=1S/C13H19N3O5/c1-13(2)7-21-10(14-8(13)5-11(18)19)6-16-4-3-9(17)15-12(16)20/h3-4,8,10,14H,5-7H2,1-2H3,(H,18,19)(H,15,17,20)/t8-,10+/m1/s1. The minimum Gasteiger partial charge on any atom is -0.481 e. The lowest BCUT2D eigenvalue weighted by Gasteiger charge is -2.42. The summed E-state index contributed by atoms with van der Waals surface area (Å²) >= 11 is 0. The zero-order chi connectivity index (χ0) is 15.6. The fourth-order valence-corrected chi connectivity index (χ4v) is 2.30. The average Bonchev–Trinajstić information content (AvgIpc) is 2.36. The quantitative estimate of drug-likeness (QED) is 0.681. The van der Waals surface area contributed by atoms with Crippen molar-refractivity contribution in [1.82, 2.24) is 14.9 Å². The molecular weight excluding hydrogens is 278 g/mol. The Kier molecular flexibility index (Phi) is 4.29. The highest BCUT2D eigenvalue weighted by Gasteiger charge is 2.38. The van der Waals surface area contributed by atoms with Crippen molar-refractivity contribution in [2.75, 3.05) is 6.61 Å². The third-order valence-corrected chi connectivity index (χ3v) is 3.63. The topological polar surface area (TPSA) is 113 Å². The van der Waals surface area contributed by atoms with Crippen LogP contribution in [-0.2, 0) is 16.1 Å². The summed E-state index contributed by atoms with van der Waals surface area (Å²) in [5.74, 6) is -0.887. The Balaban J connectivity index is 2.10.